The molecule has 1 heterocycles. The number of benzene rings is 3. The first-order chi connectivity index (χ1) is 13.7. The molecule has 0 fully saturated rings. The molecule has 1 spiro atoms. The van der Waals surface area contributed by atoms with E-state index in [0.29, 0.717) is 11.1 Å². The van der Waals surface area contributed by atoms with Gasteiger partial charge in [0.05, 0.1) is 0 Å². The zero-order valence-corrected chi connectivity index (χ0v) is 15.1. The largest absolute Gasteiger partial charge is 0.355 e. The SMILES string of the molecule is O=C1c2ccccc2C(=O)C12C=C(c1ccccc1)NC(c1ccccc1)=C2. The average Bonchev–Trinajstić information content (AvgIpc) is 2.97. The van der Waals surface area contributed by atoms with Gasteiger partial charge >= 0.3 is 0 Å². The number of rotatable bonds is 2. The van der Waals surface area contributed by atoms with Crippen LogP contribution in [0.1, 0.15) is 31.8 Å². The van der Waals surface area contributed by atoms with E-state index in [9.17, 15) is 9.59 Å². The minimum absolute atomic E-state index is 0.170. The Morgan fingerprint density at radius 2 is 0.929 bits per heavy atom. The van der Waals surface area contributed by atoms with Crippen LogP contribution in [0, 0.1) is 5.41 Å². The summed E-state index contributed by atoms with van der Waals surface area (Å²) in [5, 5.41) is 3.42. The minimum atomic E-state index is -1.31. The van der Waals surface area contributed by atoms with Gasteiger partial charge in [-0.15, -0.1) is 0 Å². The zero-order valence-electron chi connectivity index (χ0n) is 15.1. The molecule has 0 atom stereocenters. The number of hydrogen-bond acceptors (Lipinski definition) is 3. The van der Waals surface area contributed by atoms with E-state index in [1.807, 2.05) is 60.7 Å². The lowest BCUT2D eigenvalue weighted by Crippen LogP contribution is -2.35. The maximum absolute atomic E-state index is 13.4. The average molecular weight is 363 g/mol. The van der Waals surface area contributed by atoms with Crippen molar-refractivity contribution in [2.24, 2.45) is 5.41 Å². The van der Waals surface area contributed by atoms with Gasteiger partial charge in [-0.2, -0.15) is 0 Å². The molecule has 2 aliphatic rings. The van der Waals surface area contributed by atoms with Gasteiger partial charge in [0.1, 0.15) is 5.41 Å². The van der Waals surface area contributed by atoms with Crippen molar-refractivity contribution < 1.29 is 9.59 Å². The van der Waals surface area contributed by atoms with Crippen LogP contribution in [-0.2, 0) is 0 Å². The molecule has 134 valence electrons. The number of ketones is 2. The molecule has 5 rings (SSSR count). The molecular weight excluding hydrogens is 346 g/mol. The van der Waals surface area contributed by atoms with Gasteiger partial charge in [-0.05, 0) is 23.3 Å². The lowest BCUT2D eigenvalue weighted by molar-refractivity contribution is 0.0808. The molecule has 1 N–H and O–H groups in total. The Kier molecular flexibility index (Phi) is 3.63. The molecule has 0 saturated carbocycles. The van der Waals surface area contributed by atoms with Crippen LogP contribution in [0.2, 0.25) is 0 Å². The van der Waals surface area contributed by atoms with E-state index in [4.69, 9.17) is 0 Å². The molecule has 3 heteroatoms. The van der Waals surface area contributed by atoms with E-state index in [1.54, 1.807) is 36.4 Å². The molecule has 3 aromatic rings. The summed E-state index contributed by atoms with van der Waals surface area (Å²) >= 11 is 0. The van der Waals surface area contributed by atoms with Crippen LogP contribution in [0.15, 0.2) is 97.1 Å². The van der Waals surface area contributed by atoms with Crippen molar-refractivity contribution in [1.82, 2.24) is 5.32 Å². The van der Waals surface area contributed by atoms with Gasteiger partial charge in [0.25, 0.3) is 0 Å². The summed E-state index contributed by atoms with van der Waals surface area (Å²) < 4.78 is 0. The molecule has 0 bridgehead atoms. The standard InChI is InChI=1S/C25H17NO2/c27-23-19-13-7-8-14-20(19)24(28)25(23)15-21(17-9-3-1-4-10-17)26-22(16-25)18-11-5-2-6-12-18/h1-16,26H. The van der Waals surface area contributed by atoms with E-state index < -0.39 is 5.41 Å². The smallest absolute Gasteiger partial charge is 0.185 e. The van der Waals surface area contributed by atoms with Crippen LogP contribution in [0.4, 0.5) is 0 Å². The van der Waals surface area contributed by atoms with E-state index >= 15 is 0 Å². The summed E-state index contributed by atoms with van der Waals surface area (Å²) in [5.41, 5.74) is 3.04. The second-order valence-corrected chi connectivity index (χ2v) is 7.05. The normalized spacial score (nSPS) is 17.0. The Bertz CT molecular complexity index is 1060. The summed E-state index contributed by atoms with van der Waals surface area (Å²) in [7, 11) is 0. The van der Waals surface area contributed by atoms with Gasteiger partial charge in [0, 0.05) is 22.5 Å². The van der Waals surface area contributed by atoms with Crippen LogP contribution in [-0.4, -0.2) is 11.6 Å². The molecule has 0 saturated heterocycles. The number of dihydropyridines is 1. The highest BCUT2D eigenvalue weighted by Gasteiger charge is 2.51. The summed E-state index contributed by atoms with van der Waals surface area (Å²) in [6.07, 6.45) is 3.55. The molecule has 1 aliphatic carbocycles. The van der Waals surface area contributed by atoms with Crippen LogP contribution in [0.3, 0.4) is 0 Å². The molecule has 3 aromatic carbocycles. The molecule has 28 heavy (non-hydrogen) atoms. The lowest BCUT2D eigenvalue weighted by atomic mass is 9.77. The molecule has 0 unspecified atom stereocenters. The fourth-order valence-electron chi connectivity index (χ4n) is 3.95. The van der Waals surface area contributed by atoms with Crippen molar-refractivity contribution in [3.63, 3.8) is 0 Å². The van der Waals surface area contributed by atoms with Gasteiger partial charge in [-0.25, -0.2) is 0 Å². The van der Waals surface area contributed by atoms with Crippen LogP contribution in [0.5, 0.6) is 0 Å². The Morgan fingerprint density at radius 1 is 0.536 bits per heavy atom. The number of allylic oxidation sites excluding steroid dienone is 2. The third-order valence-electron chi connectivity index (χ3n) is 5.35. The monoisotopic (exact) mass is 363 g/mol. The Labute approximate surface area is 163 Å². The molecule has 0 amide bonds. The molecule has 1 aliphatic heterocycles. The number of carbonyl (C=O) groups excluding carboxylic acids is 2. The molecule has 0 radical (unpaired) electrons. The van der Waals surface area contributed by atoms with Crippen molar-refractivity contribution in [2.75, 3.05) is 0 Å². The fourth-order valence-corrected chi connectivity index (χ4v) is 3.95. The number of Topliss-reactive ketones (excluding diaryl/α,β-unsaturated/α-hetero) is 2. The topological polar surface area (TPSA) is 46.2 Å². The second-order valence-electron chi connectivity index (χ2n) is 7.05. The first-order valence-corrected chi connectivity index (χ1v) is 9.21. The maximum atomic E-state index is 13.4. The van der Waals surface area contributed by atoms with Crippen molar-refractivity contribution in [2.45, 2.75) is 0 Å². The predicted molar refractivity (Wildman–Crippen MR) is 110 cm³/mol. The number of nitrogens with one attached hydrogen (secondary N) is 1. The van der Waals surface area contributed by atoms with E-state index in [0.717, 1.165) is 22.5 Å². The Morgan fingerprint density at radius 3 is 1.36 bits per heavy atom. The fraction of sp³-hybridized carbons (Fsp3) is 0.0400. The predicted octanol–water partition coefficient (Wildman–Crippen LogP) is 4.74. The molecular formula is C25H17NO2. The zero-order chi connectivity index (χ0) is 19.1. The summed E-state index contributed by atoms with van der Waals surface area (Å²) in [6, 6.07) is 26.6. The third kappa shape index (κ3) is 2.37. The van der Waals surface area contributed by atoms with Gasteiger partial charge in [-0.3, -0.25) is 9.59 Å². The first-order valence-electron chi connectivity index (χ1n) is 9.21. The summed E-state index contributed by atoms with van der Waals surface area (Å²) in [4.78, 5) is 26.8. The molecule has 0 aromatic heterocycles. The highest BCUT2D eigenvalue weighted by atomic mass is 16.2. The maximum Gasteiger partial charge on any atom is 0.185 e. The number of carbonyl (C=O) groups is 2. The van der Waals surface area contributed by atoms with E-state index in [1.165, 1.54) is 0 Å². The van der Waals surface area contributed by atoms with Crippen molar-refractivity contribution in [1.29, 1.82) is 0 Å². The van der Waals surface area contributed by atoms with Gasteiger partial charge in [-0.1, -0.05) is 84.9 Å². The first kappa shape index (κ1) is 16.5. The lowest BCUT2D eigenvalue weighted by Gasteiger charge is -2.28. The minimum Gasteiger partial charge on any atom is -0.355 e. The van der Waals surface area contributed by atoms with Crippen molar-refractivity contribution >= 4 is 23.0 Å². The quantitative estimate of drug-likeness (QED) is 0.669. The van der Waals surface area contributed by atoms with Crippen LogP contribution >= 0.6 is 0 Å². The summed E-state index contributed by atoms with van der Waals surface area (Å²) in [5.74, 6) is -0.340. The number of hydrogen-bond donors (Lipinski definition) is 1. The third-order valence-corrected chi connectivity index (χ3v) is 5.35. The van der Waals surface area contributed by atoms with Crippen LogP contribution in [0.25, 0.3) is 11.4 Å². The van der Waals surface area contributed by atoms with Crippen molar-refractivity contribution in [3.8, 4) is 0 Å². The Balaban J connectivity index is 1.74. The second kappa shape index (κ2) is 6.17. The molecule has 3 nitrogen and oxygen atoms in total. The van der Waals surface area contributed by atoms with Gasteiger partial charge < -0.3 is 5.32 Å². The highest BCUT2D eigenvalue weighted by Crippen LogP contribution is 2.44. The van der Waals surface area contributed by atoms with E-state index in [2.05, 4.69) is 5.32 Å². The van der Waals surface area contributed by atoms with E-state index in [-0.39, 0.29) is 11.6 Å². The Hall–Kier alpha value is -3.72. The number of fused-ring (bicyclic) bond motifs is 1. The highest BCUT2D eigenvalue weighted by molar-refractivity contribution is 6.33. The van der Waals surface area contributed by atoms with Gasteiger partial charge in [0.15, 0.2) is 11.6 Å². The summed E-state index contributed by atoms with van der Waals surface area (Å²) in [6.45, 7) is 0. The van der Waals surface area contributed by atoms with Crippen LogP contribution < -0.4 is 5.32 Å². The van der Waals surface area contributed by atoms with Gasteiger partial charge in [0.2, 0.25) is 0 Å². The van der Waals surface area contributed by atoms with Crippen molar-refractivity contribution in [3.05, 3.63) is 119 Å².